The van der Waals surface area contributed by atoms with E-state index in [2.05, 4.69) is 15.5 Å². The Kier molecular flexibility index (Phi) is 9.86. The minimum atomic E-state index is -1.84. The van der Waals surface area contributed by atoms with Gasteiger partial charge in [0.25, 0.3) is 0 Å². The molecule has 42 heavy (non-hydrogen) atoms. The molecule has 0 fully saturated rings. The van der Waals surface area contributed by atoms with Crippen LogP contribution in [0.4, 0.5) is 4.39 Å². The number of aliphatic carboxylic acids is 1. The third-order valence-electron chi connectivity index (χ3n) is 5.74. The van der Waals surface area contributed by atoms with E-state index >= 15 is 0 Å². The van der Waals surface area contributed by atoms with Gasteiger partial charge in [0.1, 0.15) is 12.4 Å². The Morgan fingerprint density at radius 3 is 2.45 bits per heavy atom. The first-order valence-corrected chi connectivity index (χ1v) is 13.1. The molecule has 1 aromatic heterocycles. The van der Waals surface area contributed by atoms with Crippen LogP contribution in [-0.2, 0) is 16.1 Å². The second kappa shape index (κ2) is 13.5. The normalized spacial score (nSPS) is 11.8. The molecule has 1 atom stereocenters. The molecule has 0 saturated carbocycles. The lowest BCUT2D eigenvalue weighted by Gasteiger charge is -2.24. The molecule has 14 heteroatoms. The summed E-state index contributed by atoms with van der Waals surface area (Å²) < 4.78 is 20.9. The number of hydrazine groups is 1. The number of carbonyl (C=O) groups excluding carboxylic acids is 2. The van der Waals surface area contributed by atoms with Crippen LogP contribution in [0.5, 0.6) is 6.01 Å². The lowest BCUT2D eigenvalue weighted by molar-refractivity contribution is -0.148. The second-order valence-electron chi connectivity index (χ2n) is 9.10. The zero-order valence-electron chi connectivity index (χ0n) is 22.0. The molecule has 1 amide bonds. The van der Waals surface area contributed by atoms with Crippen molar-refractivity contribution < 1.29 is 33.7 Å². The van der Waals surface area contributed by atoms with Gasteiger partial charge in [0.2, 0.25) is 5.82 Å². The maximum atomic E-state index is 14.3. The summed E-state index contributed by atoms with van der Waals surface area (Å²) in [5.41, 5.74) is 4.35. The monoisotopic (exact) mass is 615 g/mol. The van der Waals surface area contributed by atoms with Crippen LogP contribution in [0.15, 0.2) is 66.7 Å². The minimum Gasteiger partial charge on any atom is -0.479 e. The van der Waals surface area contributed by atoms with E-state index < -0.39 is 30.3 Å². The van der Waals surface area contributed by atoms with Crippen LogP contribution in [0.1, 0.15) is 23.1 Å². The van der Waals surface area contributed by atoms with Crippen LogP contribution < -0.4 is 10.2 Å². The third-order valence-corrected chi connectivity index (χ3v) is 6.21. The summed E-state index contributed by atoms with van der Waals surface area (Å²) >= 11 is 12.1. The standard InChI is InChI=1S/C28H24Cl2FN5O6/c1-16(37)15-42-28-32-25(33-36(28)21-4-2-3-19(29)11-21)26(39)34-35(14-24(38)27(40)41)13-17-5-7-18(8-6-17)22-12-20(30)9-10-23(22)31/h2-12,24,38H,13-15H2,1H3,(H,34,39)(H,40,41)/t24-/m1/s1. The molecule has 0 radical (unpaired) electrons. The highest BCUT2D eigenvalue weighted by Gasteiger charge is 2.24. The Bertz CT molecular complexity index is 1610. The molecule has 0 bridgehead atoms. The molecule has 218 valence electrons. The number of ketones is 1. The number of aliphatic hydroxyl groups excluding tert-OH is 1. The van der Waals surface area contributed by atoms with Gasteiger partial charge >= 0.3 is 17.9 Å². The summed E-state index contributed by atoms with van der Waals surface area (Å²) in [6, 6.07) is 17.1. The van der Waals surface area contributed by atoms with Crippen LogP contribution in [0, 0.1) is 5.82 Å². The molecule has 11 nitrogen and oxygen atoms in total. The summed E-state index contributed by atoms with van der Waals surface area (Å²) in [4.78, 5) is 40.1. The Hall–Kier alpha value is -4.36. The largest absolute Gasteiger partial charge is 0.479 e. The number of hydrogen-bond donors (Lipinski definition) is 3. The van der Waals surface area contributed by atoms with Crippen molar-refractivity contribution in [2.24, 2.45) is 0 Å². The highest BCUT2D eigenvalue weighted by molar-refractivity contribution is 6.31. The molecule has 3 aromatic carbocycles. The highest BCUT2D eigenvalue weighted by atomic mass is 35.5. The summed E-state index contributed by atoms with van der Waals surface area (Å²) in [7, 11) is 0. The smallest absolute Gasteiger partial charge is 0.333 e. The molecule has 0 aliphatic carbocycles. The molecule has 3 N–H and O–H groups in total. The van der Waals surface area contributed by atoms with Gasteiger partial charge in [-0.3, -0.25) is 15.0 Å². The Morgan fingerprint density at radius 1 is 1.07 bits per heavy atom. The number of amides is 1. The van der Waals surface area contributed by atoms with Crippen molar-refractivity contribution in [3.8, 4) is 22.8 Å². The minimum absolute atomic E-state index is 0.0446. The lowest BCUT2D eigenvalue weighted by Crippen LogP contribution is -2.47. The maximum absolute atomic E-state index is 14.3. The fourth-order valence-electron chi connectivity index (χ4n) is 3.79. The molecule has 0 aliphatic rings. The number of nitrogens with zero attached hydrogens (tertiary/aromatic N) is 4. The number of rotatable bonds is 12. The van der Waals surface area contributed by atoms with Crippen LogP contribution >= 0.6 is 23.2 Å². The van der Waals surface area contributed by atoms with Crippen molar-refractivity contribution in [3.63, 3.8) is 0 Å². The van der Waals surface area contributed by atoms with Crippen molar-refractivity contribution in [2.45, 2.75) is 19.6 Å². The van der Waals surface area contributed by atoms with Crippen LogP contribution in [0.25, 0.3) is 16.8 Å². The first-order valence-electron chi connectivity index (χ1n) is 12.4. The first kappa shape index (κ1) is 30.6. The number of carbonyl (C=O) groups is 3. The van der Waals surface area contributed by atoms with Crippen molar-refractivity contribution in [1.82, 2.24) is 25.2 Å². The predicted octanol–water partition coefficient (Wildman–Crippen LogP) is 3.94. The number of halogens is 3. The number of Topliss-reactive ketones (excluding diaryl/α,β-unsaturated/α-hetero) is 1. The fourth-order valence-corrected chi connectivity index (χ4v) is 4.15. The van der Waals surface area contributed by atoms with Crippen molar-refractivity contribution in [2.75, 3.05) is 13.2 Å². The third kappa shape index (κ3) is 7.89. The number of carboxylic acids is 1. The van der Waals surface area contributed by atoms with E-state index in [0.717, 1.165) is 0 Å². The second-order valence-corrected chi connectivity index (χ2v) is 9.97. The van der Waals surface area contributed by atoms with E-state index in [1.807, 2.05) is 0 Å². The Balaban J connectivity index is 1.58. The summed E-state index contributed by atoms with van der Waals surface area (Å²) in [6.07, 6.45) is -1.84. The van der Waals surface area contributed by atoms with Gasteiger partial charge in [-0.05, 0) is 54.4 Å². The molecular formula is C28H24Cl2FN5O6. The zero-order valence-corrected chi connectivity index (χ0v) is 23.5. The number of hydrogen-bond acceptors (Lipinski definition) is 8. The van der Waals surface area contributed by atoms with Gasteiger partial charge in [0, 0.05) is 22.2 Å². The first-order chi connectivity index (χ1) is 20.0. The van der Waals surface area contributed by atoms with Gasteiger partial charge in [-0.25, -0.2) is 14.2 Å². The number of benzene rings is 3. The predicted molar refractivity (Wildman–Crippen MR) is 151 cm³/mol. The van der Waals surface area contributed by atoms with E-state index in [1.54, 1.807) is 48.5 Å². The van der Waals surface area contributed by atoms with Gasteiger partial charge < -0.3 is 14.9 Å². The Labute approximate surface area is 249 Å². The van der Waals surface area contributed by atoms with Gasteiger partial charge in [-0.15, -0.1) is 5.10 Å². The topological polar surface area (TPSA) is 147 Å². The van der Waals surface area contributed by atoms with E-state index in [1.165, 1.54) is 34.8 Å². The molecule has 4 aromatic rings. The average molecular weight is 616 g/mol. The SMILES string of the molecule is CC(=O)COc1nc(C(=O)NN(Cc2ccc(-c3cc(Cl)ccc3F)cc2)C[C@@H](O)C(=O)O)nn1-c1cccc(Cl)c1. The molecule has 0 unspecified atom stereocenters. The molecule has 0 aliphatic heterocycles. The molecule has 0 saturated heterocycles. The maximum Gasteiger partial charge on any atom is 0.333 e. The van der Waals surface area contributed by atoms with E-state index in [-0.39, 0.29) is 30.8 Å². The summed E-state index contributed by atoms with van der Waals surface area (Å²) in [5.74, 6) is -3.46. The van der Waals surface area contributed by atoms with Gasteiger partial charge in [-0.2, -0.15) is 9.67 Å². The van der Waals surface area contributed by atoms with Crippen LogP contribution in [0.3, 0.4) is 0 Å². The molecule has 1 heterocycles. The molecular weight excluding hydrogens is 592 g/mol. The van der Waals surface area contributed by atoms with E-state index in [4.69, 9.17) is 27.9 Å². The lowest BCUT2D eigenvalue weighted by atomic mass is 10.0. The van der Waals surface area contributed by atoms with E-state index in [9.17, 15) is 29.0 Å². The van der Waals surface area contributed by atoms with E-state index in [0.29, 0.717) is 32.4 Å². The number of carboxylic acid groups (broad SMARTS) is 1. The number of aromatic nitrogens is 3. The van der Waals surface area contributed by atoms with Gasteiger partial charge in [0.05, 0.1) is 12.2 Å². The van der Waals surface area contributed by atoms with Crippen LogP contribution in [0.2, 0.25) is 10.0 Å². The quantitative estimate of drug-likeness (QED) is 0.202. The molecule has 0 spiro atoms. The summed E-state index contributed by atoms with van der Waals surface area (Å²) in [6.45, 7) is 0.454. The van der Waals surface area contributed by atoms with Crippen LogP contribution in [-0.4, -0.2) is 66.9 Å². The fraction of sp³-hybridized carbons (Fsp3) is 0.179. The zero-order chi connectivity index (χ0) is 30.4. The average Bonchev–Trinajstić information content (AvgIpc) is 3.38. The number of aliphatic hydroxyl groups is 1. The Morgan fingerprint density at radius 2 is 1.79 bits per heavy atom. The number of nitrogens with one attached hydrogen (secondary N) is 1. The summed E-state index contributed by atoms with van der Waals surface area (Å²) in [5, 5.41) is 25.3. The van der Waals surface area contributed by atoms with Crippen molar-refractivity contribution >= 4 is 40.9 Å². The van der Waals surface area contributed by atoms with Crippen molar-refractivity contribution in [1.29, 1.82) is 0 Å². The molecule has 4 rings (SSSR count). The van der Waals surface area contributed by atoms with Crippen molar-refractivity contribution in [3.05, 3.63) is 94.0 Å². The van der Waals surface area contributed by atoms with Gasteiger partial charge in [-0.1, -0.05) is 53.5 Å². The highest BCUT2D eigenvalue weighted by Crippen LogP contribution is 2.26. The van der Waals surface area contributed by atoms with Gasteiger partial charge in [0.15, 0.2) is 11.9 Å². The number of ether oxygens (including phenoxy) is 1.